The van der Waals surface area contributed by atoms with Gasteiger partial charge < -0.3 is 5.11 Å². The molecule has 1 aromatic heterocycles. The van der Waals surface area contributed by atoms with E-state index in [0.717, 1.165) is 5.39 Å². The first-order valence-corrected chi connectivity index (χ1v) is 7.01. The number of phenolic OH excluding ortho intramolecular Hbond substituents is 1. The van der Waals surface area contributed by atoms with E-state index in [1.165, 1.54) is 12.1 Å². The molecule has 0 radical (unpaired) electrons. The molecule has 0 saturated heterocycles. The molecule has 0 saturated carbocycles. The monoisotopic (exact) mass is 376 g/mol. The highest BCUT2D eigenvalue weighted by molar-refractivity contribution is 5.77. The summed E-state index contributed by atoms with van der Waals surface area (Å²) in [5.41, 5.74) is -2.30. The summed E-state index contributed by atoms with van der Waals surface area (Å²) in [6.45, 7) is 0. The third-order valence-corrected chi connectivity index (χ3v) is 3.23. The number of nitro benzene ring substituents is 3. The Bertz CT molecular complexity index is 1020. The number of halogens is 1. The normalized spacial score (nSPS) is 9.96. The maximum Gasteiger partial charge on any atom is 0.324 e. The van der Waals surface area contributed by atoms with Gasteiger partial charge in [0.2, 0.25) is 0 Å². The van der Waals surface area contributed by atoms with Gasteiger partial charge in [-0.1, -0.05) is 6.07 Å². The Kier molecular flexibility index (Phi) is 5.50. The average molecular weight is 376 g/mol. The van der Waals surface area contributed by atoms with Gasteiger partial charge >= 0.3 is 11.4 Å². The molecule has 1 heterocycles. The lowest BCUT2D eigenvalue weighted by Crippen LogP contribution is -1.97. The minimum atomic E-state index is -1.21. The molecule has 12 heteroatoms. The van der Waals surface area contributed by atoms with Crippen LogP contribution in [-0.2, 0) is 0 Å². The highest BCUT2D eigenvalue weighted by atomic mass is 19.1. The van der Waals surface area contributed by atoms with Gasteiger partial charge in [-0.3, -0.25) is 35.3 Å². The largest absolute Gasteiger partial charge is 0.497 e. The molecule has 2 aromatic carbocycles. The number of aromatic nitrogens is 1. The number of rotatable bonds is 3. The molecule has 0 amide bonds. The van der Waals surface area contributed by atoms with Crippen molar-refractivity contribution in [3.8, 4) is 5.75 Å². The van der Waals surface area contributed by atoms with E-state index in [-0.39, 0.29) is 5.82 Å². The molecule has 138 valence electrons. The zero-order chi connectivity index (χ0) is 20.1. The zero-order valence-electron chi connectivity index (χ0n) is 13.2. The fourth-order valence-corrected chi connectivity index (χ4v) is 2.01. The summed E-state index contributed by atoms with van der Waals surface area (Å²) in [7, 11) is 0. The van der Waals surface area contributed by atoms with Crippen molar-refractivity contribution in [2.45, 2.75) is 0 Å². The second-order valence-corrected chi connectivity index (χ2v) is 4.94. The molecule has 11 nitrogen and oxygen atoms in total. The maximum absolute atomic E-state index is 12.6. The van der Waals surface area contributed by atoms with Crippen LogP contribution in [0.25, 0.3) is 10.9 Å². The predicted molar refractivity (Wildman–Crippen MR) is 89.8 cm³/mol. The van der Waals surface area contributed by atoms with E-state index in [1.54, 1.807) is 12.3 Å². The molecule has 27 heavy (non-hydrogen) atoms. The van der Waals surface area contributed by atoms with E-state index in [2.05, 4.69) is 4.98 Å². The number of pyridine rings is 1. The summed E-state index contributed by atoms with van der Waals surface area (Å²) in [6.07, 6.45) is 1.65. The van der Waals surface area contributed by atoms with Crippen LogP contribution in [0.15, 0.2) is 48.7 Å². The number of hydrogen-bond donors (Lipinski definition) is 1. The Morgan fingerprint density at radius 1 is 0.889 bits per heavy atom. The van der Waals surface area contributed by atoms with Crippen LogP contribution in [0.4, 0.5) is 21.5 Å². The Balaban J connectivity index is 0.000000206. The fraction of sp³-hybridized carbons (Fsp3) is 0. The van der Waals surface area contributed by atoms with E-state index in [9.17, 15) is 34.7 Å². The second-order valence-electron chi connectivity index (χ2n) is 4.94. The topological polar surface area (TPSA) is 163 Å². The summed E-state index contributed by atoms with van der Waals surface area (Å²) >= 11 is 0. The summed E-state index contributed by atoms with van der Waals surface area (Å²) in [4.78, 5) is 31.8. The first-order chi connectivity index (χ1) is 12.7. The number of nitro groups is 3. The van der Waals surface area contributed by atoms with Crippen molar-refractivity contribution in [2.24, 2.45) is 0 Å². The first-order valence-electron chi connectivity index (χ1n) is 7.01. The van der Waals surface area contributed by atoms with Gasteiger partial charge in [0.05, 0.1) is 32.4 Å². The number of hydrogen-bond acceptors (Lipinski definition) is 8. The van der Waals surface area contributed by atoms with Crippen LogP contribution in [0.1, 0.15) is 0 Å². The van der Waals surface area contributed by atoms with Crippen molar-refractivity contribution >= 4 is 28.0 Å². The second kappa shape index (κ2) is 7.77. The van der Waals surface area contributed by atoms with Crippen molar-refractivity contribution in [1.82, 2.24) is 4.98 Å². The van der Waals surface area contributed by atoms with Crippen molar-refractivity contribution in [3.63, 3.8) is 0 Å². The van der Waals surface area contributed by atoms with E-state index < -0.39 is 37.6 Å². The van der Waals surface area contributed by atoms with Crippen LogP contribution in [-0.4, -0.2) is 24.9 Å². The number of nitrogens with zero attached hydrogens (tertiary/aromatic N) is 4. The first kappa shape index (κ1) is 19.1. The van der Waals surface area contributed by atoms with Gasteiger partial charge in [-0.2, -0.15) is 0 Å². The lowest BCUT2D eigenvalue weighted by Gasteiger charge is -1.97. The van der Waals surface area contributed by atoms with Gasteiger partial charge in [0, 0.05) is 17.6 Å². The van der Waals surface area contributed by atoms with Crippen LogP contribution in [0.3, 0.4) is 0 Å². The summed E-state index contributed by atoms with van der Waals surface area (Å²) in [5, 5.41) is 41.2. The van der Waals surface area contributed by atoms with Crippen molar-refractivity contribution in [1.29, 1.82) is 0 Å². The highest BCUT2D eigenvalue weighted by Crippen LogP contribution is 2.38. The molecule has 0 fully saturated rings. The van der Waals surface area contributed by atoms with Gasteiger partial charge in [0.15, 0.2) is 0 Å². The maximum atomic E-state index is 12.6. The standard InChI is InChI=1S/C9H6FN.C6H3N3O7/c10-8-4-3-7-2-1-5-11-9(7)6-8;10-6-4(8(13)14)1-3(7(11)12)2-5(6)9(15)16/h1-6H;1-2,10H. The summed E-state index contributed by atoms with van der Waals surface area (Å²) in [5.74, 6) is -1.45. The lowest BCUT2D eigenvalue weighted by atomic mass is 10.2. The Labute approximate surface area is 148 Å². The van der Waals surface area contributed by atoms with Crippen LogP contribution >= 0.6 is 0 Å². The quantitative estimate of drug-likeness (QED) is 0.536. The van der Waals surface area contributed by atoms with Crippen LogP contribution in [0, 0.1) is 36.2 Å². The summed E-state index contributed by atoms with van der Waals surface area (Å²) < 4.78 is 12.6. The van der Waals surface area contributed by atoms with Crippen LogP contribution in [0.2, 0.25) is 0 Å². The van der Waals surface area contributed by atoms with Gasteiger partial charge in [0.25, 0.3) is 11.4 Å². The number of benzene rings is 2. The number of non-ortho nitro benzene ring substituents is 1. The molecule has 1 N–H and O–H groups in total. The third-order valence-electron chi connectivity index (χ3n) is 3.23. The van der Waals surface area contributed by atoms with Gasteiger partial charge in [-0.05, 0) is 18.2 Å². The van der Waals surface area contributed by atoms with Crippen LogP contribution in [0.5, 0.6) is 5.75 Å². The number of phenols is 1. The van der Waals surface area contributed by atoms with Crippen LogP contribution < -0.4 is 0 Å². The van der Waals surface area contributed by atoms with E-state index >= 15 is 0 Å². The predicted octanol–water partition coefficient (Wildman–Crippen LogP) is 3.49. The molecule has 3 aromatic rings. The molecular weight excluding hydrogens is 367 g/mol. The molecule has 0 aliphatic rings. The average Bonchev–Trinajstić information content (AvgIpc) is 2.61. The fourth-order valence-electron chi connectivity index (χ4n) is 2.01. The molecule has 0 atom stereocenters. The SMILES string of the molecule is Fc1ccc2cccnc2c1.O=[N+]([O-])c1cc([N+](=O)[O-])c(O)c([N+](=O)[O-])c1. The molecule has 0 aliphatic carbocycles. The smallest absolute Gasteiger partial charge is 0.324 e. The van der Waals surface area contributed by atoms with E-state index in [4.69, 9.17) is 5.11 Å². The Morgan fingerprint density at radius 2 is 1.48 bits per heavy atom. The minimum absolute atomic E-state index is 0.240. The summed E-state index contributed by atoms with van der Waals surface area (Å²) in [6, 6.07) is 9.21. The number of aromatic hydroxyl groups is 1. The molecule has 0 bridgehead atoms. The minimum Gasteiger partial charge on any atom is -0.497 e. The van der Waals surface area contributed by atoms with Crippen molar-refractivity contribution in [3.05, 3.63) is 84.8 Å². The van der Waals surface area contributed by atoms with Crippen molar-refractivity contribution in [2.75, 3.05) is 0 Å². The van der Waals surface area contributed by atoms with Gasteiger partial charge in [-0.25, -0.2) is 4.39 Å². The van der Waals surface area contributed by atoms with E-state index in [1.807, 2.05) is 12.1 Å². The molecule has 3 rings (SSSR count). The molecule has 0 spiro atoms. The zero-order valence-corrected chi connectivity index (χ0v) is 13.2. The Hall–Kier alpha value is -4.22. The lowest BCUT2D eigenvalue weighted by molar-refractivity contribution is -0.404. The highest BCUT2D eigenvalue weighted by Gasteiger charge is 2.30. The Morgan fingerprint density at radius 3 is 2.00 bits per heavy atom. The van der Waals surface area contributed by atoms with E-state index in [0.29, 0.717) is 17.6 Å². The molecule has 0 aliphatic heterocycles. The molecule has 0 unspecified atom stereocenters. The third kappa shape index (κ3) is 4.45. The van der Waals surface area contributed by atoms with Crippen molar-refractivity contribution < 1.29 is 24.3 Å². The van der Waals surface area contributed by atoms with Gasteiger partial charge in [-0.15, -0.1) is 0 Å². The number of fused-ring (bicyclic) bond motifs is 1. The molecular formula is C15H9FN4O7. The van der Waals surface area contributed by atoms with Gasteiger partial charge in [0.1, 0.15) is 5.82 Å².